The molecule has 4 heteroatoms. The van der Waals surface area contributed by atoms with Crippen molar-refractivity contribution in [3.63, 3.8) is 0 Å². The number of aryl methyl sites for hydroxylation is 1. The van der Waals surface area contributed by atoms with Gasteiger partial charge in [-0.05, 0) is 37.7 Å². The van der Waals surface area contributed by atoms with Crippen molar-refractivity contribution in [3.8, 4) is 6.07 Å². The number of imidazole rings is 1. The summed E-state index contributed by atoms with van der Waals surface area (Å²) in [5, 5.41) is 9.16. The van der Waals surface area contributed by atoms with Crippen LogP contribution in [0.1, 0.15) is 31.2 Å². The number of rotatable bonds is 1. The first-order valence-electron chi connectivity index (χ1n) is 6.16. The number of thioether (sulfide) groups is 1. The standard InChI is InChI=1S/C14H15N3S/c1-14(7-4-8-18-14)13-16-12-10(9-15)5-3-6-11(12)17(13)2/h3,5-6H,4,7-8H2,1-2H3. The largest absolute Gasteiger partial charge is 0.330 e. The Balaban J connectivity index is 2.26. The van der Waals surface area contributed by atoms with Crippen molar-refractivity contribution in [3.05, 3.63) is 29.6 Å². The monoisotopic (exact) mass is 257 g/mol. The van der Waals surface area contributed by atoms with Crippen LogP contribution in [0.5, 0.6) is 0 Å². The Hall–Kier alpha value is -1.47. The van der Waals surface area contributed by atoms with Gasteiger partial charge in [-0.2, -0.15) is 5.26 Å². The summed E-state index contributed by atoms with van der Waals surface area (Å²) < 4.78 is 2.25. The maximum Gasteiger partial charge on any atom is 0.125 e. The first-order valence-corrected chi connectivity index (χ1v) is 7.14. The van der Waals surface area contributed by atoms with Crippen LogP contribution in [0.15, 0.2) is 18.2 Å². The second kappa shape index (κ2) is 4.03. The zero-order valence-corrected chi connectivity index (χ0v) is 11.4. The molecule has 1 saturated heterocycles. The van der Waals surface area contributed by atoms with Gasteiger partial charge >= 0.3 is 0 Å². The highest BCUT2D eigenvalue weighted by atomic mass is 32.2. The predicted molar refractivity (Wildman–Crippen MR) is 74.5 cm³/mol. The molecule has 1 aromatic heterocycles. The Bertz CT molecular complexity index is 645. The van der Waals surface area contributed by atoms with Crippen LogP contribution in [0.4, 0.5) is 0 Å². The summed E-state index contributed by atoms with van der Waals surface area (Å²) in [6.45, 7) is 2.26. The van der Waals surface area contributed by atoms with Gasteiger partial charge < -0.3 is 4.57 Å². The predicted octanol–water partition coefficient (Wildman–Crippen LogP) is 3.19. The molecule has 3 rings (SSSR count). The van der Waals surface area contributed by atoms with Gasteiger partial charge in [0.1, 0.15) is 17.4 Å². The number of hydrogen-bond acceptors (Lipinski definition) is 3. The zero-order valence-electron chi connectivity index (χ0n) is 10.6. The highest BCUT2D eigenvalue weighted by molar-refractivity contribution is 8.00. The molecule has 0 N–H and O–H groups in total. The highest BCUT2D eigenvalue weighted by Gasteiger charge is 2.35. The van der Waals surface area contributed by atoms with E-state index in [-0.39, 0.29) is 4.75 Å². The summed E-state index contributed by atoms with van der Waals surface area (Å²) in [5.74, 6) is 2.30. The van der Waals surface area contributed by atoms with Crippen LogP contribution in [0.3, 0.4) is 0 Å². The smallest absolute Gasteiger partial charge is 0.125 e. The summed E-state index contributed by atoms with van der Waals surface area (Å²) in [4.78, 5) is 4.76. The molecule has 1 fully saturated rings. The lowest BCUT2D eigenvalue weighted by Gasteiger charge is -2.21. The first-order chi connectivity index (χ1) is 8.65. The number of fused-ring (bicyclic) bond motifs is 1. The van der Waals surface area contributed by atoms with Crippen molar-refractivity contribution in [2.45, 2.75) is 24.5 Å². The van der Waals surface area contributed by atoms with Crippen molar-refractivity contribution in [2.75, 3.05) is 5.75 Å². The van der Waals surface area contributed by atoms with Crippen LogP contribution in [0.2, 0.25) is 0 Å². The van der Waals surface area contributed by atoms with Gasteiger partial charge in [0.2, 0.25) is 0 Å². The summed E-state index contributed by atoms with van der Waals surface area (Å²) in [5.41, 5.74) is 2.56. The van der Waals surface area contributed by atoms with Crippen LogP contribution in [0, 0.1) is 11.3 Å². The number of aromatic nitrogens is 2. The Morgan fingerprint density at radius 3 is 3.00 bits per heavy atom. The lowest BCUT2D eigenvalue weighted by Crippen LogP contribution is -2.18. The van der Waals surface area contributed by atoms with E-state index >= 15 is 0 Å². The fourth-order valence-corrected chi connectivity index (χ4v) is 4.07. The quantitative estimate of drug-likeness (QED) is 0.788. The highest BCUT2D eigenvalue weighted by Crippen LogP contribution is 2.46. The molecule has 1 unspecified atom stereocenters. The molecule has 0 aliphatic carbocycles. The van der Waals surface area contributed by atoms with Gasteiger partial charge in [0.05, 0.1) is 15.8 Å². The van der Waals surface area contributed by atoms with Crippen molar-refractivity contribution >= 4 is 22.8 Å². The van der Waals surface area contributed by atoms with Crippen molar-refractivity contribution in [1.82, 2.24) is 9.55 Å². The summed E-state index contributed by atoms with van der Waals surface area (Å²) in [7, 11) is 2.05. The molecule has 1 aliphatic rings. The molecule has 1 aliphatic heterocycles. The molecule has 0 saturated carbocycles. The molecular weight excluding hydrogens is 242 g/mol. The average Bonchev–Trinajstić information content (AvgIpc) is 2.95. The second-order valence-electron chi connectivity index (χ2n) is 4.96. The van der Waals surface area contributed by atoms with E-state index in [0.29, 0.717) is 5.56 Å². The van der Waals surface area contributed by atoms with Crippen LogP contribution in [0.25, 0.3) is 11.0 Å². The van der Waals surface area contributed by atoms with Gasteiger partial charge in [0.15, 0.2) is 0 Å². The molecule has 2 aromatic rings. The number of para-hydroxylation sites is 1. The fourth-order valence-electron chi connectivity index (χ4n) is 2.73. The van der Waals surface area contributed by atoms with E-state index in [0.717, 1.165) is 23.3 Å². The van der Waals surface area contributed by atoms with Crippen molar-refractivity contribution in [1.29, 1.82) is 5.26 Å². The van der Waals surface area contributed by atoms with E-state index in [2.05, 4.69) is 24.6 Å². The van der Waals surface area contributed by atoms with E-state index < -0.39 is 0 Å². The maximum atomic E-state index is 9.16. The fraction of sp³-hybridized carbons (Fsp3) is 0.429. The third-order valence-electron chi connectivity index (χ3n) is 3.72. The summed E-state index contributed by atoms with van der Waals surface area (Å²) in [6.07, 6.45) is 2.41. The number of hydrogen-bond donors (Lipinski definition) is 0. The Morgan fingerprint density at radius 1 is 1.50 bits per heavy atom. The molecule has 18 heavy (non-hydrogen) atoms. The van der Waals surface area contributed by atoms with Gasteiger partial charge in [-0.1, -0.05) is 6.07 Å². The number of benzene rings is 1. The molecule has 0 bridgehead atoms. The van der Waals surface area contributed by atoms with E-state index in [1.54, 1.807) is 0 Å². The van der Waals surface area contributed by atoms with Gasteiger partial charge in [0.25, 0.3) is 0 Å². The SMILES string of the molecule is Cn1c(C2(C)CCCS2)nc2c(C#N)cccc21. The van der Waals surface area contributed by atoms with E-state index in [4.69, 9.17) is 10.2 Å². The molecule has 3 nitrogen and oxygen atoms in total. The van der Waals surface area contributed by atoms with Crippen molar-refractivity contribution < 1.29 is 0 Å². The Morgan fingerprint density at radius 2 is 2.33 bits per heavy atom. The maximum absolute atomic E-state index is 9.16. The van der Waals surface area contributed by atoms with Crippen LogP contribution < -0.4 is 0 Å². The van der Waals surface area contributed by atoms with Gasteiger partial charge in [-0.15, -0.1) is 11.8 Å². The number of nitrogens with zero attached hydrogens (tertiary/aromatic N) is 3. The molecule has 1 aromatic carbocycles. The van der Waals surface area contributed by atoms with E-state index in [9.17, 15) is 0 Å². The van der Waals surface area contributed by atoms with Crippen LogP contribution in [-0.4, -0.2) is 15.3 Å². The molecule has 92 valence electrons. The van der Waals surface area contributed by atoms with Crippen LogP contribution >= 0.6 is 11.8 Å². The Kier molecular flexibility index (Phi) is 2.60. The normalized spacial score (nSPS) is 23.4. The molecule has 2 heterocycles. The lowest BCUT2D eigenvalue weighted by atomic mass is 10.1. The third-order valence-corrected chi connectivity index (χ3v) is 5.24. The molecular formula is C14H15N3S. The minimum Gasteiger partial charge on any atom is -0.330 e. The second-order valence-corrected chi connectivity index (χ2v) is 6.56. The van der Waals surface area contributed by atoms with Gasteiger partial charge in [-0.25, -0.2) is 4.98 Å². The molecule has 0 radical (unpaired) electrons. The summed E-state index contributed by atoms with van der Waals surface area (Å²) >= 11 is 1.97. The molecule has 0 spiro atoms. The van der Waals surface area contributed by atoms with Crippen LogP contribution in [-0.2, 0) is 11.8 Å². The molecule has 1 atom stereocenters. The molecule has 0 amide bonds. The summed E-state index contributed by atoms with van der Waals surface area (Å²) in [6, 6.07) is 8.03. The topological polar surface area (TPSA) is 41.6 Å². The van der Waals surface area contributed by atoms with Crippen molar-refractivity contribution in [2.24, 2.45) is 7.05 Å². The first kappa shape index (κ1) is 11.6. The lowest BCUT2D eigenvalue weighted by molar-refractivity contribution is 0.584. The minimum atomic E-state index is 0.0977. The Labute approximate surface area is 111 Å². The zero-order chi connectivity index (χ0) is 12.8. The van der Waals surface area contributed by atoms with E-state index in [1.807, 2.05) is 30.0 Å². The van der Waals surface area contributed by atoms with Gasteiger partial charge in [0, 0.05) is 7.05 Å². The number of nitriles is 1. The third kappa shape index (κ3) is 1.54. The van der Waals surface area contributed by atoms with Gasteiger partial charge in [-0.3, -0.25) is 0 Å². The minimum absolute atomic E-state index is 0.0977. The van der Waals surface area contributed by atoms with E-state index in [1.165, 1.54) is 12.2 Å². The average molecular weight is 257 g/mol.